The van der Waals surface area contributed by atoms with E-state index in [1.54, 1.807) is 30.3 Å². The van der Waals surface area contributed by atoms with E-state index in [1.807, 2.05) is 13.8 Å². The maximum Gasteiger partial charge on any atom is 0.162 e. The normalized spacial score (nSPS) is 11.4. The van der Waals surface area contributed by atoms with Crippen molar-refractivity contribution in [1.29, 1.82) is 0 Å². The number of phenols is 1. The fraction of sp³-hybridized carbons (Fsp3) is 0.250. The molecule has 14 heavy (non-hydrogen) atoms. The standard InChI is InChI=1S/C12H14O2/c1-3-11(12(14)4-2)9-5-7-10(13)8-6-9/h3,5-8,13H,4H2,1-2H3. The summed E-state index contributed by atoms with van der Waals surface area (Å²) in [4.78, 5) is 11.5. The van der Waals surface area contributed by atoms with Gasteiger partial charge < -0.3 is 5.11 Å². The van der Waals surface area contributed by atoms with Gasteiger partial charge in [0.2, 0.25) is 0 Å². The highest BCUT2D eigenvalue weighted by Crippen LogP contribution is 2.19. The highest BCUT2D eigenvalue weighted by Gasteiger charge is 2.07. The molecule has 0 amide bonds. The van der Waals surface area contributed by atoms with E-state index in [2.05, 4.69) is 0 Å². The SMILES string of the molecule is CC=C(C(=O)CC)c1ccc(O)cc1. The zero-order chi connectivity index (χ0) is 10.6. The number of benzene rings is 1. The van der Waals surface area contributed by atoms with Gasteiger partial charge in [0, 0.05) is 12.0 Å². The van der Waals surface area contributed by atoms with E-state index in [1.165, 1.54) is 0 Å². The number of hydrogen-bond donors (Lipinski definition) is 1. The van der Waals surface area contributed by atoms with Crippen molar-refractivity contribution in [2.24, 2.45) is 0 Å². The van der Waals surface area contributed by atoms with Crippen LogP contribution >= 0.6 is 0 Å². The summed E-state index contributed by atoms with van der Waals surface area (Å²) < 4.78 is 0. The topological polar surface area (TPSA) is 37.3 Å². The number of ketones is 1. The lowest BCUT2D eigenvalue weighted by Gasteiger charge is -2.04. The van der Waals surface area contributed by atoms with Gasteiger partial charge in [-0.3, -0.25) is 4.79 Å². The molecule has 1 rings (SSSR count). The molecule has 1 aromatic carbocycles. The molecule has 2 heteroatoms. The van der Waals surface area contributed by atoms with Gasteiger partial charge in [-0.15, -0.1) is 0 Å². The van der Waals surface area contributed by atoms with E-state index >= 15 is 0 Å². The van der Waals surface area contributed by atoms with Gasteiger partial charge in [0.1, 0.15) is 5.75 Å². The Morgan fingerprint density at radius 3 is 2.36 bits per heavy atom. The molecule has 74 valence electrons. The van der Waals surface area contributed by atoms with Crippen LogP contribution in [0, 0.1) is 0 Å². The molecule has 0 radical (unpaired) electrons. The number of carbonyl (C=O) groups is 1. The second-order valence-electron chi connectivity index (χ2n) is 3.03. The van der Waals surface area contributed by atoms with Crippen LogP contribution in [0.5, 0.6) is 5.75 Å². The number of rotatable bonds is 3. The number of hydrogen-bond acceptors (Lipinski definition) is 2. The molecule has 0 aromatic heterocycles. The molecule has 0 aliphatic carbocycles. The zero-order valence-corrected chi connectivity index (χ0v) is 8.45. The summed E-state index contributed by atoms with van der Waals surface area (Å²) >= 11 is 0. The van der Waals surface area contributed by atoms with Crippen LogP contribution in [0.25, 0.3) is 5.57 Å². The van der Waals surface area contributed by atoms with Gasteiger partial charge in [-0.2, -0.15) is 0 Å². The summed E-state index contributed by atoms with van der Waals surface area (Å²) in [5.74, 6) is 0.339. The molecule has 0 spiro atoms. The molecule has 0 fully saturated rings. The lowest BCUT2D eigenvalue weighted by atomic mass is 10.0. The van der Waals surface area contributed by atoms with Crippen LogP contribution in [-0.2, 0) is 4.79 Å². The maximum atomic E-state index is 11.5. The smallest absolute Gasteiger partial charge is 0.162 e. The highest BCUT2D eigenvalue weighted by molar-refractivity contribution is 6.20. The van der Waals surface area contributed by atoms with Crippen molar-refractivity contribution in [3.63, 3.8) is 0 Å². The van der Waals surface area contributed by atoms with Crippen LogP contribution in [0.2, 0.25) is 0 Å². The van der Waals surface area contributed by atoms with Crippen LogP contribution in [0.15, 0.2) is 30.3 Å². The highest BCUT2D eigenvalue weighted by atomic mass is 16.3. The Morgan fingerprint density at radius 2 is 1.93 bits per heavy atom. The van der Waals surface area contributed by atoms with E-state index < -0.39 is 0 Å². The second kappa shape index (κ2) is 4.61. The maximum absolute atomic E-state index is 11.5. The predicted octanol–water partition coefficient (Wildman–Crippen LogP) is 2.77. The zero-order valence-electron chi connectivity index (χ0n) is 8.45. The van der Waals surface area contributed by atoms with Crippen molar-refractivity contribution < 1.29 is 9.90 Å². The quantitative estimate of drug-likeness (QED) is 0.744. The average Bonchev–Trinajstić information content (AvgIpc) is 2.21. The third kappa shape index (κ3) is 2.22. The molecule has 0 bridgehead atoms. The van der Waals surface area contributed by atoms with Crippen molar-refractivity contribution in [3.05, 3.63) is 35.9 Å². The molecule has 0 saturated heterocycles. The first-order valence-corrected chi connectivity index (χ1v) is 4.68. The molecule has 1 aromatic rings. The summed E-state index contributed by atoms with van der Waals surface area (Å²) in [6.07, 6.45) is 2.30. The van der Waals surface area contributed by atoms with Gasteiger partial charge in [-0.25, -0.2) is 0 Å². The van der Waals surface area contributed by atoms with E-state index in [9.17, 15) is 4.79 Å². The number of allylic oxidation sites excluding steroid dienone is 2. The Hall–Kier alpha value is -1.57. The first kappa shape index (κ1) is 10.5. The Kier molecular flexibility index (Phi) is 3.46. The molecule has 0 saturated carbocycles. The Labute approximate surface area is 83.9 Å². The third-order valence-corrected chi connectivity index (χ3v) is 2.09. The molecule has 2 nitrogen and oxygen atoms in total. The third-order valence-electron chi connectivity index (χ3n) is 2.09. The molecule has 0 aliphatic rings. The molecular weight excluding hydrogens is 176 g/mol. The fourth-order valence-corrected chi connectivity index (χ4v) is 1.32. The molecule has 0 atom stereocenters. The summed E-state index contributed by atoms with van der Waals surface area (Å²) in [5.41, 5.74) is 1.57. The fourth-order valence-electron chi connectivity index (χ4n) is 1.32. The molecule has 0 aliphatic heterocycles. The van der Waals surface area contributed by atoms with E-state index in [-0.39, 0.29) is 11.5 Å². The summed E-state index contributed by atoms with van der Waals surface area (Å²) in [7, 11) is 0. The van der Waals surface area contributed by atoms with Crippen LogP contribution in [0.4, 0.5) is 0 Å². The monoisotopic (exact) mass is 190 g/mol. The van der Waals surface area contributed by atoms with Gasteiger partial charge >= 0.3 is 0 Å². The minimum atomic E-state index is 0.123. The van der Waals surface area contributed by atoms with Crippen molar-refractivity contribution in [2.45, 2.75) is 20.3 Å². The predicted molar refractivity (Wildman–Crippen MR) is 57.1 cm³/mol. The van der Waals surface area contributed by atoms with Crippen molar-refractivity contribution in [2.75, 3.05) is 0 Å². The lowest BCUT2D eigenvalue weighted by molar-refractivity contribution is -0.113. The Bertz CT molecular complexity index is 347. The lowest BCUT2D eigenvalue weighted by Crippen LogP contribution is -1.99. The number of carbonyl (C=O) groups excluding carboxylic acids is 1. The van der Waals surface area contributed by atoms with Crippen LogP contribution < -0.4 is 0 Å². The largest absolute Gasteiger partial charge is 0.508 e. The second-order valence-corrected chi connectivity index (χ2v) is 3.03. The van der Waals surface area contributed by atoms with Gasteiger partial charge in [0.15, 0.2) is 5.78 Å². The van der Waals surface area contributed by atoms with Crippen LogP contribution in [-0.4, -0.2) is 10.9 Å². The van der Waals surface area contributed by atoms with Gasteiger partial charge in [-0.1, -0.05) is 25.1 Å². The number of Topliss-reactive ketones (excluding diaryl/α,β-unsaturated/α-hetero) is 1. The van der Waals surface area contributed by atoms with Crippen molar-refractivity contribution in [1.82, 2.24) is 0 Å². The minimum Gasteiger partial charge on any atom is -0.508 e. The van der Waals surface area contributed by atoms with Crippen LogP contribution in [0.3, 0.4) is 0 Å². The summed E-state index contributed by atoms with van der Waals surface area (Å²) in [6.45, 7) is 3.68. The van der Waals surface area contributed by atoms with Gasteiger partial charge in [-0.05, 0) is 24.6 Å². The molecular formula is C12H14O2. The van der Waals surface area contributed by atoms with Gasteiger partial charge in [0.05, 0.1) is 0 Å². The summed E-state index contributed by atoms with van der Waals surface area (Å²) in [5, 5.41) is 9.10. The Morgan fingerprint density at radius 1 is 1.36 bits per heavy atom. The van der Waals surface area contributed by atoms with Crippen molar-refractivity contribution >= 4 is 11.4 Å². The molecule has 0 unspecified atom stereocenters. The van der Waals surface area contributed by atoms with E-state index in [4.69, 9.17) is 5.11 Å². The first-order valence-electron chi connectivity index (χ1n) is 4.68. The van der Waals surface area contributed by atoms with Crippen molar-refractivity contribution in [3.8, 4) is 5.75 Å². The minimum absolute atomic E-state index is 0.123. The van der Waals surface area contributed by atoms with Gasteiger partial charge in [0.25, 0.3) is 0 Å². The molecule has 1 N–H and O–H groups in total. The van der Waals surface area contributed by atoms with E-state index in [0.717, 1.165) is 5.56 Å². The summed E-state index contributed by atoms with van der Waals surface area (Å²) in [6, 6.07) is 6.67. The number of aromatic hydroxyl groups is 1. The Balaban J connectivity index is 3.03. The van der Waals surface area contributed by atoms with Crippen LogP contribution in [0.1, 0.15) is 25.8 Å². The first-order chi connectivity index (χ1) is 6.69. The molecule has 0 heterocycles. The van der Waals surface area contributed by atoms with E-state index in [0.29, 0.717) is 12.0 Å². The average molecular weight is 190 g/mol. The number of phenolic OH excluding ortho intramolecular Hbond substituents is 1.